The number of ether oxygens (including phenoxy) is 1. The van der Waals surface area contributed by atoms with Gasteiger partial charge in [-0.15, -0.1) is 0 Å². The molecule has 34 heavy (non-hydrogen) atoms. The fraction of sp³-hybridized carbons (Fsp3) is 0.269. The van der Waals surface area contributed by atoms with Crippen molar-refractivity contribution >= 4 is 27.5 Å². The first-order chi connectivity index (χ1) is 16.2. The zero-order valence-electron chi connectivity index (χ0n) is 19.9. The lowest BCUT2D eigenvalue weighted by Crippen LogP contribution is -2.16. The third kappa shape index (κ3) is 4.92. The maximum atomic E-state index is 13.2. The van der Waals surface area contributed by atoms with E-state index in [1.54, 1.807) is 6.92 Å². The molecular formula is C26H27BrN4O3. The van der Waals surface area contributed by atoms with Crippen LogP contribution in [0.5, 0.6) is 5.75 Å². The van der Waals surface area contributed by atoms with Gasteiger partial charge in [-0.25, -0.2) is 0 Å². The first kappa shape index (κ1) is 23.8. The lowest BCUT2D eigenvalue weighted by molar-refractivity contribution is 0.101. The van der Waals surface area contributed by atoms with Gasteiger partial charge in [0.15, 0.2) is 5.69 Å². The van der Waals surface area contributed by atoms with Crippen molar-refractivity contribution in [3.8, 4) is 5.75 Å². The topological polar surface area (TPSA) is 82.2 Å². The summed E-state index contributed by atoms with van der Waals surface area (Å²) in [5.74, 6) is 0.966. The summed E-state index contributed by atoms with van der Waals surface area (Å²) in [7, 11) is 0. The van der Waals surface area contributed by atoms with Crippen molar-refractivity contribution < 1.29 is 14.1 Å². The number of amides is 1. The molecule has 0 aliphatic carbocycles. The van der Waals surface area contributed by atoms with Crippen molar-refractivity contribution in [2.24, 2.45) is 0 Å². The molecule has 0 radical (unpaired) electrons. The van der Waals surface area contributed by atoms with Crippen molar-refractivity contribution in [3.05, 3.63) is 92.0 Å². The van der Waals surface area contributed by atoms with Crippen LogP contribution in [0, 0.1) is 34.6 Å². The van der Waals surface area contributed by atoms with E-state index in [-0.39, 0.29) is 18.2 Å². The van der Waals surface area contributed by atoms with Crippen LogP contribution in [0.3, 0.4) is 0 Å². The van der Waals surface area contributed by atoms with Crippen molar-refractivity contribution in [1.82, 2.24) is 14.9 Å². The Hall–Kier alpha value is -3.39. The van der Waals surface area contributed by atoms with Gasteiger partial charge in [-0.05, 0) is 69.5 Å². The molecule has 0 saturated heterocycles. The monoisotopic (exact) mass is 522 g/mol. The van der Waals surface area contributed by atoms with Gasteiger partial charge in [0, 0.05) is 4.47 Å². The Balaban J connectivity index is 1.52. The summed E-state index contributed by atoms with van der Waals surface area (Å²) >= 11 is 3.46. The molecule has 0 spiro atoms. The van der Waals surface area contributed by atoms with E-state index >= 15 is 0 Å². The van der Waals surface area contributed by atoms with Crippen molar-refractivity contribution in [3.63, 3.8) is 0 Å². The number of anilines is 1. The fourth-order valence-corrected chi connectivity index (χ4v) is 4.00. The predicted octanol–water partition coefficient (Wildman–Crippen LogP) is 6.06. The molecule has 1 amide bonds. The summed E-state index contributed by atoms with van der Waals surface area (Å²) in [5, 5.41) is 11.6. The minimum Gasteiger partial charge on any atom is -0.488 e. The summed E-state index contributed by atoms with van der Waals surface area (Å²) in [4.78, 5) is 13.2. The Kier molecular flexibility index (Phi) is 6.88. The van der Waals surface area contributed by atoms with Gasteiger partial charge in [-0.2, -0.15) is 5.10 Å². The van der Waals surface area contributed by atoms with E-state index in [1.165, 1.54) is 0 Å². The molecule has 7 nitrogen and oxygen atoms in total. The number of hydrogen-bond donors (Lipinski definition) is 1. The standard InChI is InChI=1S/C26H27BrN4O3/c1-15-7-6-8-23(16(15)2)33-14-22-19(5)34-30-25(22)26(32)28-24-17(3)29-31(18(24)4)13-20-9-11-21(27)12-10-20/h6-12H,13-14H2,1-5H3,(H,28,32). The minimum atomic E-state index is -0.356. The van der Waals surface area contributed by atoms with Gasteiger partial charge in [0.05, 0.1) is 29.2 Å². The minimum absolute atomic E-state index is 0.184. The first-order valence-electron chi connectivity index (χ1n) is 11.0. The molecule has 4 aromatic rings. The highest BCUT2D eigenvalue weighted by molar-refractivity contribution is 9.10. The van der Waals surface area contributed by atoms with Gasteiger partial charge in [0.2, 0.25) is 0 Å². The molecule has 0 aliphatic heterocycles. The Labute approximate surface area is 207 Å². The van der Waals surface area contributed by atoms with Gasteiger partial charge < -0.3 is 14.6 Å². The number of halogens is 1. The number of nitrogens with zero attached hydrogens (tertiary/aromatic N) is 3. The second kappa shape index (κ2) is 9.85. The van der Waals surface area contributed by atoms with Gasteiger partial charge >= 0.3 is 0 Å². The molecule has 0 unspecified atom stereocenters. The third-order valence-electron chi connectivity index (χ3n) is 5.99. The molecule has 0 atom stereocenters. The van der Waals surface area contributed by atoms with Crippen LogP contribution < -0.4 is 10.1 Å². The van der Waals surface area contributed by atoms with E-state index < -0.39 is 0 Å². The normalized spacial score (nSPS) is 11.0. The zero-order valence-corrected chi connectivity index (χ0v) is 21.5. The molecule has 2 aromatic carbocycles. The molecule has 0 bridgehead atoms. The molecule has 4 rings (SSSR count). The molecule has 0 fully saturated rings. The summed E-state index contributed by atoms with van der Waals surface area (Å²) in [6.45, 7) is 10.4. The molecular weight excluding hydrogens is 496 g/mol. The highest BCUT2D eigenvalue weighted by Crippen LogP contribution is 2.25. The van der Waals surface area contributed by atoms with E-state index in [1.807, 2.05) is 74.8 Å². The number of rotatable bonds is 7. The highest BCUT2D eigenvalue weighted by atomic mass is 79.9. The average molecular weight is 523 g/mol. The van der Waals surface area contributed by atoms with Crippen LogP contribution in [0.2, 0.25) is 0 Å². The van der Waals surface area contributed by atoms with Gasteiger partial charge in [-0.3, -0.25) is 9.48 Å². The van der Waals surface area contributed by atoms with Crippen LogP contribution in [0.25, 0.3) is 0 Å². The number of carbonyl (C=O) groups is 1. The SMILES string of the molecule is Cc1cccc(OCc2c(C(=O)Nc3c(C)nn(Cc4ccc(Br)cc4)c3C)noc2C)c1C. The molecule has 2 heterocycles. The molecule has 0 aliphatic rings. The Morgan fingerprint density at radius 1 is 1.09 bits per heavy atom. The highest BCUT2D eigenvalue weighted by Gasteiger charge is 2.23. The summed E-state index contributed by atoms with van der Waals surface area (Å²) in [6, 6.07) is 14.0. The van der Waals surface area contributed by atoms with Crippen LogP contribution in [0.1, 0.15) is 49.9 Å². The van der Waals surface area contributed by atoms with Gasteiger partial charge in [-0.1, -0.05) is 45.4 Å². The smallest absolute Gasteiger partial charge is 0.278 e. The number of carbonyl (C=O) groups excluding carboxylic acids is 1. The van der Waals surface area contributed by atoms with Crippen LogP contribution in [0.15, 0.2) is 51.5 Å². The summed E-state index contributed by atoms with van der Waals surface area (Å²) in [5.41, 5.74) is 6.42. The second-order valence-electron chi connectivity index (χ2n) is 8.34. The number of aryl methyl sites for hydroxylation is 3. The van der Waals surface area contributed by atoms with E-state index in [0.717, 1.165) is 38.3 Å². The van der Waals surface area contributed by atoms with E-state index in [2.05, 4.69) is 31.5 Å². The Morgan fingerprint density at radius 3 is 2.56 bits per heavy atom. The van der Waals surface area contributed by atoms with Gasteiger partial charge in [0.1, 0.15) is 18.1 Å². The first-order valence-corrected chi connectivity index (χ1v) is 11.8. The largest absolute Gasteiger partial charge is 0.488 e. The van der Waals surface area contributed by atoms with E-state index in [4.69, 9.17) is 9.26 Å². The molecule has 8 heteroatoms. The lowest BCUT2D eigenvalue weighted by atomic mass is 10.1. The van der Waals surface area contributed by atoms with Crippen molar-refractivity contribution in [1.29, 1.82) is 0 Å². The molecule has 0 saturated carbocycles. The Bertz CT molecular complexity index is 1340. The van der Waals surface area contributed by atoms with Crippen LogP contribution in [0.4, 0.5) is 5.69 Å². The van der Waals surface area contributed by atoms with Crippen LogP contribution >= 0.6 is 15.9 Å². The summed E-state index contributed by atoms with van der Waals surface area (Å²) < 4.78 is 14.3. The third-order valence-corrected chi connectivity index (χ3v) is 6.52. The Morgan fingerprint density at radius 2 is 1.82 bits per heavy atom. The number of aromatic nitrogens is 3. The number of nitrogens with one attached hydrogen (secondary N) is 1. The lowest BCUT2D eigenvalue weighted by Gasteiger charge is -2.11. The van der Waals surface area contributed by atoms with Crippen molar-refractivity contribution in [2.45, 2.75) is 47.8 Å². The number of hydrogen-bond acceptors (Lipinski definition) is 5. The summed E-state index contributed by atoms with van der Waals surface area (Å²) in [6.07, 6.45) is 0. The van der Waals surface area contributed by atoms with Crippen molar-refractivity contribution in [2.75, 3.05) is 5.32 Å². The quantitative estimate of drug-likeness (QED) is 0.319. The average Bonchev–Trinajstić information content (AvgIpc) is 3.30. The second-order valence-corrected chi connectivity index (χ2v) is 9.25. The van der Waals surface area contributed by atoms with Crippen LogP contribution in [-0.2, 0) is 13.2 Å². The molecule has 2 aromatic heterocycles. The zero-order chi connectivity index (χ0) is 24.4. The van der Waals surface area contributed by atoms with E-state index in [9.17, 15) is 4.79 Å². The van der Waals surface area contributed by atoms with E-state index in [0.29, 0.717) is 23.6 Å². The van der Waals surface area contributed by atoms with Crippen LogP contribution in [-0.4, -0.2) is 20.8 Å². The molecule has 1 N–H and O–H groups in total. The molecule has 176 valence electrons. The van der Waals surface area contributed by atoms with Gasteiger partial charge in [0.25, 0.3) is 5.91 Å². The maximum absolute atomic E-state index is 13.2. The predicted molar refractivity (Wildman–Crippen MR) is 134 cm³/mol. The number of benzene rings is 2. The maximum Gasteiger partial charge on any atom is 0.278 e. The fourth-order valence-electron chi connectivity index (χ4n) is 3.74.